The Kier molecular flexibility index (Phi) is 4.79. The second-order valence-corrected chi connectivity index (χ2v) is 6.24. The zero-order valence-corrected chi connectivity index (χ0v) is 15.0. The Bertz CT molecular complexity index is 885. The molecule has 1 aliphatic heterocycles. The van der Waals surface area contributed by atoms with Gasteiger partial charge in [0, 0.05) is 18.7 Å². The van der Waals surface area contributed by atoms with Crippen molar-refractivity contribution in [1.82, 2.24) is 4.98 Å². The monoisotopic (exact) mass is 355 g/mol. The fourth-order valence-electron chi connectivity index (χ4n) is 3.29. The van der Waals surface area contributed by atoms with Gasteiger partial charge in [0.2, 0.25) is 5.91 Å². The standard InChI is InChI=1S/C19H21N3O4/c1-11-16(19(25)26-3)12(2)20-17(11)18(24)21-13-7-4-5-8-14(13)22-10-6-9-15(22)23/h4-5,7-8,20H,6,9-10H2,1-3H3,(H,21,24). The van der Waals surface area contributed by atoms with Crippen molar-refractivity contribution in [3.8, 4) is 0 Å². The SMILES string of the molecule is COC(=O)c1c(C)[nH]c(C(=O)Nc2ccccc2N2CCCC2=O)c1C. The number of benzene rings is 1. The Morgan fingerprint density at radius 3 is 2.62 bits per heavy atom. The molecule has 3 rings (SSSR count). The number of carbonyl (C=O) groups excluding carboxylic acids is 3. The average Bonchev–Trinajstić information content (AvgIpc) is 3.17. The Hall–Kier alpha value is -3.09. The molecule has 136 valence electrons. The lowest BCUT2D eigenvalue weighted by Gasteiger charge is -2.19. The van der Waals surface area contributed by atoms with Crippen LogP contribution in [0.4, 0.5) is 11.4 Å². The molecule has 1 fully saturated rings. The first kappa shape index (κ1) is 17.7. The van der Waals surface area contributed by atoms with Crippen molar-refractivity contribution in [2.45, 2.75) is 26.7 Å². The summed E-state index contributed by atoms with van der Waals surface area (Å²) in [6.07, 6.45) is 1.32. The number of rotatable bonds is 4. The number of anilines is 2. The van der Waals surface area contributed by atoms with Gasteiger partial charge in [0.15, 0.2) is 0 Å². The molecular formula is C19H21N3O4. The van der Waals surface area contributed by atoms with Crippen LogP contribution in [-0.2, 0) is 9.53 Å². The normalized spacial score (nSPS) is 13.8. The zero-order chi connectivity index (χ0) is 18.8. The summed E-state index contributed by atoms with van der Waals surface area (Å²) in [5.74, 6) is -0.815. The van der Waals surface area contributed by atoms with E-state index in [1.54, 1.807) is 30.9 Å². The number of para-hydroxylation sites is 2. The van der Waals surface area contributed by atoms with Crippen molar-refractivity contribution in [2.24, 2.45) is 0 Å². The Labute approximate surface area is 151 Å². The van der Waals surface area contributed by atoms with Crippen LogP contribution in [0.2, 0.25) is 0 Å². The second-order valence-electron chi connectivity index (χ2n) is 6.24. The lowest BCUT2D eigenvalue weighted by atomic mass is 10.1. The molecule has 0 unspecified atom stereocenters. The van der Waals surface area contributed by atoms with E-state index in [-0.39, 0.29) is 11.8 Å². The highest BCUT2D eigenvalue weighted by molar-refractivity contribution is 6.09. The van der Waals surface area contributed by atoms with Crippen molar-refractivity contribution in [3.63, 3.8) is 0 Å². The van der Waals surface area contributed by atoms with Crippen LogP contribution in [0.5, 0.6) is 0 Å². The van der Waals surface area contributed by atoms with Crippen molar-refractivity contribution >= 4 is 29.2 Å². The summed E-state index contributed by atoms with van der Waals surface area (Å²) in [5, 5.41) is 2.85. The van der Waals surface area contributed by atoms with Crippen LogP contribution in [-0.4, -0.2) is 36.4 Å². The average molecular weight is 355 g/mol. The first-order valence-electron chi connectivity index (χ1n) is 8.42. The molecule has 0 saturated carbocycles. The number of ether oxygens (including phenoxy) is 1. The molecule has 1 aliphatic rings. The maximum atomic E-state index is 12.8. The molecule has 0 bridgehead atoms. The highest BCUT2D eigenvalue weighted by Gasteiger charge is 2.26. The molecule has 0 atom stereocenters. The molecule has 0 aliphatic carbocycles. The number of H-pyrrole nitrogens is 1. The molecule has 2 aromatic rings. The third-order valence-electron chi connectivity index (χ3n) is 4.57. The minimum atomic E-state index is -0.488. The number of nitrogens with one attached hydrogen (secondary N) is 2. The molecular weight excluding hydrogens is 334 g/mol. The number of aromatic nitrogens is 1. The number of esters is 1. The van der Waals surface area contributed by atoms with Crippen LogP contribution >= 0.6 is 0 Å². The van der Waals surface area contributed by atoms with Gasteiger partial charge in [0.05, 0.1) is 24.0 Å². The predicted octanol–water partition coefficient (Wildman–Crippen LogP) is 2.80. The summed E-state index contributed by atoms with van der Waals surface area (Å²) in [6.45, 7) is 4.05. The minimum absolute atomic E-state index is 0.0478. The minimum Gasteiger partial charge on any atom is -0.465 e. The van der Waals surface area contributed by atoms with Crippen molar-refractivity contribution in [2.75, 3.05) is 23.9 Å². The van der Waals surface area contributed by atoms with Gasteiger partial charge in [0.25, 0.3) is 5.91 Å². The summed E-state index contributed by atoms with van der Waals surface area (Å²) in [6, 6.07) is 7.19. The number of nitrogens with zero attached hydrogens (tertiary/aromatic N) is 1. The van der Waals surface area contributed by atoms with E-state index >= 15 is 0 Å². The molecule has 0 spiro atoms. The van der Waals surface area contributed by atoms with Gasteiger partial charge in [-0.2, -0.15) is 0 Å². The highest BCUT2D eigenvalue weighted by Crippen LogP contribution is 2.30. The van der Waals surface area contributed by atoms with Crippen LogP contribution in [0.15, 0.2) is 24.3 Å². The highest BCUT2D eigenvalue weighted by atomic mass is 16.5. The largest absolute Gasteiger partial charge is 0.465 e. The predicted molar refractivity (Wildman–Crippen MR) is 97.6 cm³/mol. The summed E-state index contributed by atoms with van der Waals surface area (Å²) in [5.41, 5.74) is 2.99. The number of carbonyl (C=O) groups is 3. The molecule has 1 saturated heterocycles. The summed E-state index contributed by atoms with van der Waals surface area (Å²) >= 11 is 0. The molecule has 2 heterocycles. The van der Waals surface area contributed by atoms with Crippen LogP contribution in [0.25, 0.3) is 0 Å². The van der Waals surface area contributed by atoms with Crippen LogP contribution < -0.4 is 10.2 Å². The van der Waals surface area contributed by atoms with E-state index < -0.39 is 5.97 Å². The van der Waals surface area contributed by atoms with Gasteiger partial charge in [-0.3, -0.25) is 9.59 Å². The smallest absolute Gasteiger partial charge is 0.339 e. The van der Waals surface area contributed by atoms with E-state index in [0.29, 0.717) is 46.9 Å². The van der Waals surface area contributed by atoms with Gasteiger partial charge in [0.1, 0.15) is 5.69 Å². The maximum Gasteiger partial charge on any atom is 0.339 e. The molecule has 0 radical (unpaired) electrons. The topological polar surface area (TPSA) is 91.5 Å². The van der Waals surface area contributed by atoms with Crippen molar-refractivity contribution in [1.29, 1.82) is 0 Å². The van der Waals surface area contributed by atoms with Crippen LogP contribution in [0.3, 0.4) is 0 Å². The summed E-state index contributed by atoms with van der Waals surface area (Å²) < 4.78 is 4.77. The number of hydrogen-bond donors (Lipinski definition) is 2. The molecule has 7 heteroatoms. The number of methoxy groups -OCH3 is 1. The van der Waals surface area contributed by atoms with E-state index in [1.807, 2.05) is 12.1 Å². The molecule has 7 nitrogen and oxygen atoms in total. The van der Waals surface area contributed by atoms with Crippen molar-refractivity contribution in [3.05, 3.63) is 46.8 Å². The van der Waals surface area contributed by atoms with Gasteiger partial charge in [-0.15, -0.1) is 0 Å². The van der Waals surface area contributed by atoms with Gasteiger partial charge < -0.3 is 19.9 Å². The van der Waals surface area contributed by atoms with E-state index in [0.717, 1.165) is 6.42 Å². The van der Waals surface area contributed by atoms with Crippen molar-refractivity contribution < 1.29 is 19.1 Å². The molecule has 1 aromatic carbocycles. The van der Waals surface area contributed by atoms with Gasteiger partial charge >= 0.3 is 5.97 Å². The fourth-order valence-corrected chi connectivity index (χ4v) is 3.29. The second kappa shape index (κ2) is 7.03. The number of amides is 2. The molecule has 2 amide bonds. The lowest BCUT2D eigenvalue weighted by Crippen LogP contribution is -2.25. The Morgan fingerprint density at radius 2 is 1.96 bits per heavy atom. The third kappa shape index (κ3) is 3.08. The number of hydrogen-bond acceptors (Lipinski definition) is 4. The molecule has 26 heavy (non-hydrogen) atoms. The maximum absolute atomic E-state index is 12.8. The Morgan fingerprint density at radius 1 is 1.23 bits per heavy atom. The molecule has 1 aromatic heterocycles. The van der Waals surface area contributed by atoms with Crippen LogP contribution in [0, 0.1) is 13.8 Å². The summed E-state index contributed by atoms with van der Waals surface area (Å²) in [7, 11) is 1.30. The third-order valence-corrected chi connectivity index (χ3v) is 4.57. The van der Waals surface area contributed by atoms with Gasteiger partial charge in [-0.1, -0.05) is 12.1 Å². The van der Waals surface area contributed by atoms with Crippen LogP contribution in [0.1, 0.15) is 44.9 Å². The quantitative estimate of drug-likeness (QED) is 0.825. The van der Waals surface area contributed by atoms with E-state index in [9.17, 15) is 14.4 Å². The van der Waals surface area contributed by atoms with Gasteiger partial charge in [-0.25, -0.2) is 4.79 Å². The van der Waals surface area contributed by atoms with E-state index in [2.05, 4.69) is 10.3 Å². The summed E-state index contributed by atoms with van der Waals surface area (Å²) in [4.78, 5) is 41.3. The first-order chi connectivity index (χ1) is 12.4. The number of aromatic amines is 1. The van der Waals surface area contributed by atoms with E-state index in [4.69, 9.17) is 4.74 Å². The fraction of sp³-hybridized carbons (Fsp3) is 0.316. The molecule has 2 N–H and O–H groups in total. The first-order valence-corrected chi connectivity index (χ1v) is 8.42. The van der Waals surface area contributed by atoms with E-state index in [1.165, 1.54) is 7.11 Å². The van der Waals surface area contributed by atoms with Gasteiger partial charge in [-0.05, 0) is 38.0 Å². The number of aryl methyl sites for hydroxylation is 1. The Balaban J connectivity index is 1.90. The lowest BCUT2D eigenvalue weighted by molar-refractivity contribution is -0.117. The zero-order valence-electron chi connectivity index (χ0n) is 15.0.